The molecule has 0 radical (unpaired) electrons. The summed E-state index contributed by atoms with van der Waals surface area (Å²) in [7, 11) is 0. The quantitative estimate of drug-likeness (QED) is 0.588. The molecule has 1 rings (SSSR count). The molecule has 52 valence electrons. The molecule has 1 N–H and O–H groups in total. The van der Waals surface area contributed by atoms with Gasteiger partial charge in [-0.2, -0.15) is 0 Å². The van der Waals surface area contributed by atoms with Crippen molar-refractivity contribution in [2.24, 2.45) is 5.41 Å². The Kier molecular flexibility index (Phi) is 1.98. The van der Waals surface area contributed by atoms with Crippen molar-refractivity contribution in [2.75, 3.05) is 4.43 Å². The lowest BCUT2D eigenvalue weighted by atomic mass is 9.71. The summed E-state index contributed by atoms with van der Waals surface area (Å²) in [4.78, 5) is 10.5. The van der Waals surface area contributed by atoms with Gasteiger partial charge < -0.3 is 5.11 Å². The van der Waals surface area contributed by atoms with Crippen LogP contribution in [-0.4, -0.2) is 15.5 Å². The van der Waals surface area contributed by atoms with Gasteiger partial charge in [0.2, 0.25) is 0 Å². The smallest absolute Gasteiger partial charge is 0.310 e. The fourth-order valence-corrected chi connectivity index (χ4v) is 2.10. The largest absolute Gasteiger partial charge is 0.481 e. The van der Waals surface area contributed by atoms with E-state index >= 15 is 0 Å². The summed E-state index contributed by atoms with van der Waals surface area (Å²) < 4.78 is 0.764. The van der Waals surface area contributed by atoms with Crippen molar-refractivity contribution in [3.8, 4) is 0 Å². The van der Waals surface area contributed by atoms with Crippen molar-refractivity contribution in [3.05, 3.63) is 0 Å². The van der Waals surface area contributed by atoms with Gasteiger partial charge in [-0.05, 0) is 12.8 Å². The van der Waals surface area contributed by atoms with E-state index in [2.05, 4.69) is 22.6 Å². The lowest BCUT2D eigenvalue weighted by Gasteiger charge is -2.35. The van der Waals surface area contributed by atoms with E-state index in [4.69, 9.17) is 5.11 Å². The first-order chi connectivity index (χ1) is 4.21. The molecule has 0 spiro atoms. The number of alkyl halides is 1. The topological polar surface area (TPSA) is 37.3 Å². The highest BCUT2D eigenvalue weighted by molar-refractivity contribution is 14.1. The summed E-state index contributed by atoms with van der Waals surface area (Å²) in [6.07, 6.45) is 2.85. The fraction of sp³-hybridized carbons (Fsp3) is 0.833. The first-order valence-corrected chi connectivity index (χ1v) is 4.53. The highest BCUT2D eigenvalue weighted by atomic mass is 127. The minimum atomic E-state index is -0.608. The summed E-state index contributed by atoms with van der Waals surface area (Å²) in [6.45, 7) is 0. The van der Waals surface area contributed by atoms with E-state index in [0.717, 1.165) is 23.7 Å². The van der Waals surface area contributed by atoms with Crippen molar-refractivity contribution >= 4 is 28.6 Å². The molecule has 3 heteroatoms. The van der Waals surface area contributed by atoms with Crippen LogP contribution in [0.1, 0.15) is 19.3 Å². The summed E-state index contributed by atoms with van der Waals surface area (Å²) >= 11 is 2.15. The minimum absolute atomic E-state index is 0.333. The zero-order valence-electron chi connectivity index (χ0n) is 5.06. The van der Waals surface area contributed by atoms with Gasteiger partial charge in [-0.15, -0.1) is 0 Å². The molecule has 1 saturated carbocycles. The molecular formula is C6H9IO2. The van der Waals surface area contributed by atoms with Gasteiger partial charge in [-0.1, -0.05) is 29.0 Å². The van der Waals surface area contributed by atoms with Gasteiger partial charge in [0.05, 0.1) is 5.41 Å². The van der Waals surface area contributed by atoms with Crippen molar-refractivity contribution in [1.82, 2.24) is 0 Å². The molecule has 1 aliphatic rings. The van der Waals surface area contributed by atoms with Gasteiger partial charge in [0, 0.05) is 4.43 Å². The molecule has 0 aromatic carbocycles. The molecule has 1 aliphatic carbocycles. The first kappa shape index (κ1) is 7.31. The number of carboxylic acid groups (broad SMARTS) is 1. The van der Waals surface area contributed by atoms with Crippen molar-refractivity contribution in [2.45, 2.75) is 19.3 Å². The standard InChI is InChI=1S/C6H9IO2/c7-4-6(5(8)9)2-1-3-6/h1-4H2,(H,8,9). The number of rotatable bonds is 2. The number of hydrogen-bond acceptors (Lipinski definition) is 1. The second-order valence-electron chi connectivity index (χ2n) is 2.57. The minimum Gasteiger partial charge on any atom is -0.481 e. The number of carbonyl (C=O) groups is 1. The van der Waals surface area contributed by atoms with E-state index in [-0.39, 0.29) is 5.41 Å². The van der Waals surface area contributed by atoms with Crippen LogP contribution in [0, 0.1) is 5.41 Å². The molecule has 0 aliphatic heterocycles. The molecule has 2 nitrogen and oxygen atoms in total. The maximum absolute atomic E-state index is 10.5. The van der Waals surface area contributed by atoms with Gasteiger partial charge in [-0.25, -0.2) is 0 Å². The van der Waals surface area contributed by atoms with Gasteiger partial charge >= 0.3 is 5.97 Å². The van der Waals surface area contributed by atoms with Crippen LogP contribution in [0.25, 0.3) is 0 Å². The third kappa shape index (κ3) is 1.07. The summed E-state index contributed by atoms with van der Waals surface area (Å²) in [5.74, 6) is -0.608. The number of hydrogen-bond donors (Lipinski definition) is 1. The highest BCUT2D eigenvalue weighted by Gasteiger charge is 2.43. The third-order valence-electron chi connectivity index (χ3n) is 2.02. The van der Waals surface area contributed by atoms with E-state index in [1.54, 1.807) is 0 Å². The lowest BCUT2D eigenvalue weighted by Crippen LogP contribution is -2.39. The van der Waals surface area contributed by atoms with Crippen LogP contribution < -0.4 is 0 Å². The molecule has 0 bridgehead atoms. The number of aliphatic carboxylic acids is 1. The van der Waals surface area contributed by atoms with E-state index in [1.165, 1.54) is 0 Å². The Morgan fingerprint density at radius 2 is 2.22 bits per heavy atom. The monoisotopic (exact) mass is 240 g/mol. The van der Waals surface area contributed by atoms with E-state index in [0.29, 0.717) is 0 Å². The van der Waals surface area contributed by atoms with Crippen LogP contribution in [0.5, 0.6) is 0 Å². The molecule has 1 fully saturated rings. The van der Waals surface area contributed by atoms with Crippen LogP contribution in [0.4, 0.5) is 0 Å². The summed E-state index contributed by atoms with van der Waals surface area (Å²) in [5, 5.41) is 8.68. The van der Waals surface area contributed by atoms with Gasteiger partial charge in [-0.3, -0.25) is 4.79 Å². The fourth-order valence-electron chi connectivity index (χ4n) is 1.01. The molecule has 0 aromatic rings. The van der Waals surface area contributed by atoms with Gasteiger partial charge in [0.15, 0.2) is 0 Å². The SMILES string of the molecule is O=C(O)C1(CI)CCC1. The highest BCUT2D eigenvalue weighted by Crippen LogP contribution is 2.42. The van der Waals surface area contributed by atoms with E-state index in [9.17, 15) is 4.79 Å². The summed E-state index contributed by atoms with van der Waals surface area (Å²) in [5.41, 5.74) is -0.333. The van der Waals surface area contributed by atoms with Crippen LogP contribution in [-0.2, 0) is 4.79 Å². The Bertz CT molecular complexity index is 124. The van der Waals surface area contributed by atoms with Gasteiger partial charge in [0.25, 0.3) is 0 Å². The van der Waals surface area contributed by atoms with Crippen molar-refractivity contribution in [3.63, 3.8) is 0 Å². The zero-order chi connectivity index (χ0) is 6.91. The first-order valence-electron chi connectivity index (χ1n) is 3.01. The number of halogens is 1. The predicted molar refractivity (Wildman–Crippen MR) is 42.8 cm³/mol. The normalized spacial score (nSPS) is 22.8. The molecular weight excluding hydrogens is 231 g/mol. The van der Waals surface area contributed by atoms with Crippen LogP contribution >= 0.6 is 22.6 Å². The Labute approximate surface area is 67.8 Å². The third-order valence-corrected chi connectivity index (χ3v) is 3.48. The lowest BCUT2D eigenvalue weighted by molar-refractivity contribution is -0.152. The number of carboxylic acids is 1. The Morgan fingerprint density at radius 1 is 1.67 bits per heavy atom. The van der Waals surface area contributed by atoms with Crippen molar-refractivity contribution in [1.29, 1.82) is 0 Å². The molecule has 0 saturated heterocycles. The Hall–Kier alpha value is 0.200. The predicted octanol–water partition coefficient (Wildman–Crippen LogP) is 1.68. The average Bonchev–Trinajstić information content (AvgIpc) is 1.62. The molecule has 0 amide bonds. The molecule has 0 heterocycles. The van der Waals surface area contributed by atoms with Crippen molar-refractivity contribution < 1.29 is 9.90 Å². The second kappa shape index (κ2) is 2.44. The maximum Gasteiger partial charge on any atom is 0.310 e. The Balaban J connectivity index is 2.57. The zero-order valence-corrected chi connectivity index (χ0v) is 7.22. The Morgan fingerprint density at radius 3 is 2.22 bits per heavy atom. The molecule has 0 aromatic heterocycles. The maximum atomic E-state index is 10.5. The van der Waals surface area contributed by atoms with Crippen LogP contribution in [0.3, 0.4) is 0 Å². The van der Waals surface area contributed by atoms with E-state index < -0.39 is 5.97 Å². The molecule has 0 atom stereocenters. The van der Waals surface area contributed by atoms with Crippen LogP contribution in [0.15, 0.2) is 0 Å². The van der Waals surface area contributed by atoms with E-state index in [1.807, 2.05) is 0 Å². The molecule has 0 unspecified atom stereocenters. The molecule has 9 heavy (non-hydrogen) atoms. The summed E-state index contributed by atoms with van der Waals surface area (Å²) in [6, 6.07) is 0. The van der Waals surface area contributed by atoms with Gasteiger partial charge in [0.1, 0.15) is 0 Å². The average molecular weight is 240 g/mol. The van der Waals surface area contributed by atoms with Crippen LogP contribution in [0.2, 0.25) is 0 Å². The second-order valence-corrected chi connectivity index (χ2v) is 3.34.